The third-order valence-electron chi connectivity index (χ3n) is 6.14. The lowest BCUT2D eigenvalue weighted by atomic mass is 9.87. The first-order valence-electron chi connectivity index (χ1n) is 10.9. The molecule has 0 atom stereocenters. The van der Waals surface area contributed by atoms with Crippen molar-refractivity contribution in [1.82, 2.24) is 14.4 Å². The van der Waals surface area contributed by atoms with Crippen LogP contribution in [0.2, 0.25) is 0 Å². The van der Waals surface area contributed by atoms with Gasteiger partial charge in [0.25, 0.3) is 0 Å². The summed E-state index contributed by atoms with van der Waals surface area (Å²) in [5.41, 5.74) is 8.05. The van der Waals surface area contributed by atoms with Gasteiger partial charge in [0.2, 0.25) is 0 Å². The molecule has 0 spiro atoms. The molecule has 0 N–H and O–H groups in total. The molecule has 3 heterocycles. The Bertz CT molecular complexity index is 1400. The Kier molecular flexibility index (Phi) is 4.66. The first kappa shape index (κ1) is 19.6. The van der Waals surface area contributed by atoms with Crippen LogP contribution >= 0.6 is 0 Å². The van der Waals surface area contributed by atoms with Crippen LogP contribution in [0.3, 0.4) is 0 Å². The molecule has 0 aliphatic rings. The molecule has 4 nitrogen and oxygen atoms in total. The quantitative estimate of drug-likeness (QED) is 0.301. The minimum Gasteiger partial charge on any atom is -0.497 e. The molecule has 0 aliphatic heterocycles. The average Bonchev–Trinajstić information content (AvgIpc) is 3.23. The number of pyridine rings is 2. The number of hydrogen-bond donors (Lipinski definition) is 0. The lowest BCUT2D eigenvalue weighted by molar-refractivity contribution is 0.415. The minimum atomic E-state index is 0.407. The topological polar surface area (TPSA) is 39.4 Å². The number of ether oxygens (including phenoxy) is 1. The maximum Gasteiger partial charge on any atom is 0.145 e. The Morgan fingerprint density at radius 1 is 0.839 bits per heavy atom. The van der Waals surface area contributed by atoms with Crippen molar-refractivity contribution in [2.75, 3.05) is 7.11 Å². The SMILES string of the molecule is COc1ccc2c(c1)c1ncc(-c3c(C(C)C)cccc3C(C)C)n1c1cccnc21. The van der Waals surface area contributed by atoms with Crippen molar-refractivity contribution in [2.24, 2.45) is 0 Å². The summed E-state index contributed by atoms with van der Waals surface area (Å²) in [6.45, 7) is 9.02. The summed E-state index contributed by atoms with van der Waals surface area (Å²) in [7, 11) is 1.70. The normalized spacial score (nSPS) is 12.0. The molecular formula is C27H27N3O. The summed E-state index contributed by atoms with van der Waals surface area (Å²) in [5.74, 6) is 1.63. The van der Waals surface area contributed by atoms with Crippen LogP contribution in [0.25, 0.3) is 38.7 Å². The zero-order valence-corrected chi connectivity index (χ0v) is 18.7. The molecule has 5 aromatic rings. The molecule has 0 saturated carbocycles. The Hall–Kier alpha value is -3.40. The zero-order chi connectivity index (χ0) is 21.7. The Balaban J connectivity index is 1.99. The van der Waals surface area contributed by atoms with E-state index in [9.17, 15) is 0 Å². The maximum absolute atomic E-state index is 5.52. The minimum absolute atomic E-state index is 0.407. The Morgan fingerprint density at radius 2 is 1.58 bits per heavy atom. The number of hydrogen-bond acceptors (Lipinski definition) is 3. The van der Waals surface area contributed by atoms with Gasteiger partial charge in [0, 0.05) is 22.5 Å². The molecule has 0 unspecified atom stereocenters. The first-order chi connectivity index (χ1) is 15.0. The average molecular weight is 410 g/mol. The predicted molar refractivity (Wildman–Crippen MR) is 128 cm³/mol. The first-order valence-corrected chi connectivity index (χ1v) is 10.9. The number of aromatic nitrogens is 3. The van der Waals surface area contributed by atoms with Gasteiger partial charge in [-0.3, -0.25) is 9.38 Å². The number of methoxy groups -OCH3 is 1. The second-order valence-electron chi connectivity index (χ2n) is 8.71. The molecule has 0 radical (unpaired) electrons. The summed E-state index contributed by atoms with van der Waals surface area (Å²) < 4.78 is 7.79. The van der Waals surface area contributed by atoms with Crippen molar-refractivity contribution in [3.63, 3.8) is 0 Å². The van der Waals surface area contributed by atoms with Crippen molar-refractivity contribution in [3.05, 3.63) is 72.1 Å². The summed E-state index contributed by atoms with van der Waals surface area (Å²) in [4.78, 5) is 9.68. The maximum atomic E-state index is 5.52. The van der Waals surface area contributed by atoms with E-state index in [4.69, 9.17) is 14.7 Å². The van der Waals surface area contributed by atoms with E-state index in [1.807, 2.05) is 24.5 Å². The number of benzene rings is 2. The largest absolute Gasteiger partial charge is 0.497 e. The van der Waals surface area contributed by atoms with Gasteiger partial charge in [-0.1, -0.05) is 45.9 Å². The monoisotopic (exact) mass is 409 g/mol. The van der Waals surface area contributed by atoms with Crippen molar-refractivity contribution >= 4 is 27.5 Å². The van der Waals surface area contributed by atoms with Gasteiger partial charge in [-0.25, -0.2) is 4.98 Å². The highest BCUT2D eigenvalue weighted by atomic mass is 16.5. The van der Waals surface area contributed by atoms with Gasteiger partial charge in [0.05, 0.1) is 30.0 Å². The third-order valence-corrected chi connectivity index (χ3v) is 6.14. The summed E-state index contributed by atoms with van der Waals surface area (Å²) in [6, 6.07) is 16.9. The number of imidazole rings is 1. The van der Waals surface area contributed by atoms with Gasteiger partial charge < -0.3 is 4.74 Å². The Morgan fingerprint density at radius 3 is 2.26 bits per heavy atom. The van der Waals surface area contributed by atoms with Crippen LogP contribution in [0, 0.1) is 0 Å². The van der Waals surface area contributed by atoms with Crippen LogP contribution in [0.1, 0.15) is 50.7 Å². The molecular weight excluding hydrogens is 382 g/mol. The number of fused-ring (bicyclic) bond motifs is 6. The fourth-order valence-electron chi connectivity index (χ4n) is 4.64. The Labute approximate surface area is 182 Å². The van der Waals surface area contributed by atoms with E-state index in [1.165, 1.54) is 16.7 Å². The van der Waals surface area contributed by atoms with E-state index in [-0.39, 0.29) is 0 Å². The molecule has 31 heavy (non-hydrogen) atoms. The third kappa shape index (κ3) is 2.97. The van der Waals surface area contributed by atoms with E-state index >= 15 is 0 Å². The van der Waals surface area contributed by atoms with E-state index in [0.29, 0.717) is 11.8 Å². The summed E-state index contributed by atoms with van der Waals surface area (Å²) >= 11 is 0. The van der Waals surface area contributed by atoms with Gasteiger partial charge in [-0.15, -0.1) is 0 Å². The second kappa shape index (κ2) is 7.38. The highest BCUT2D eigenvalue weighted by molar-refractivity contribution is 6.11. The van der Waals surface area contributed by atoms with E-state index in [2.05, 4.69) is 68.5 Å². The van der Waals surface area contributed by atoms with Crippen LogP contribution in [-0.2, 0) is 0 Å². The fourth-order valence-corrected chi connectivity index (χ4v) is 4.64. The van der Waals surface area contributed by atoms with Crippen LogP contribution in [0.15, 0.2) is 60.9 Å². The summed E-state index contributed by atoms with van der Waals surface area (Å²) in [5, 5.41) is 2.13. The van der Waals surface area contributed by atoms with E-state index in [1.54, 1.807) is 7.11 Å². The van der Waals surface area contributed by atoms with E-state index in [0.717, 1.165) is 38.9 Å². The molecule has 0 saturated heterocycles. The standard InChI is InChI=1S/C27H27N3O/c1-16(2)19-8-6-9-20(17(3)4)25(19)24-15-29-27-22-14-18(31-5)11-12-21(22)26-23(30(24)27)10-7-13-28-26/h6-17H,1-5H3. The number of nitrogens with zero attached hydrogens (tertiary/aromatic N) is 3. The summed E-state index contributed by atoms with van der Waals surface area (Å²) in [6.07, 6.45) is 3.88. The number of rotatable bonds is 4. The van der Waals surface area contributed by atoms with E-state index < -0.39 is 0 Å². The molecule has 0 amide bonds. The van der Waals surface area contributed by atoms with Gasteiger partial charge >= 0.3 is 0 Å². The molecule has 0 aliphatic carbocycles. The second-order valence-corrected chi connectivity index (χ2v) is 8.71. The lowest BCUT2D eigenvalue weighted by Crippen LogP contribution is -2.03. The molecule has 3 aromatic heterocycles. The van der Waals surface area contributed by atoms with Crippen LogP contribution in [0.4, 0.5) is 0 Å². The smallest absolute Gasteiger partial charge is 0.145 e. The highest BCUT2D eigenvalue weighted by Crippen LogP contribution is 2.39. The van der Waals surface area contributed by atoms with Crippen LogP contribution in [0.5, 0.6) is 5.75 Å². The van der Waals surface area contributed by atoms with Crippen molar-refractivity contribution in [3.8, 4) is 17.0 Å². The molecule has 4 heteroatoms. The van der Waals surface area contributed by atoms with Crippen LogP contribution in [-0.4, -0.2) is 21.5 Å². The van der Waals surface area contributed by atoms with Gasteiger partial charge in [-0.05, 0) is 53.3 Å². The molecule has 0 fully saturated rings. The lowest BCUT2D eigenvalue weighted by Gasteiger charge is -2.20. The molecule has 2 aromatic carbocycles. The molecule has 5 rings (SSSR count). The van der Waals surface area contributed by atoms with Gasteiger partial charge in [-0.2, -0.15) is 0 Å². The molecule has 156 valence electrons. The fraction of sp³-hybridized carbons (Fsp3) is 0.259. The van der Waals surface area contributed by atoms with Crippen molar-refractivity contribution in [1.29, 1.82) is 0 Å². The van der Waals surface area contributed by atoms with Crippen molar-refractivity contribution in [2.45, 2.75) is 39.5 Å². The van der Waals surface area contributed by atoms with Crippen LogP contribution < -0.4 is 4.74 Å². The highest BCUT2D eigenvalue weighted by Gasteiger charge is 2.21. The zero-order valence-electron chi connectivity index (χ0n) is 18.7. The van der Waals surface area contributed by atoms with Gasteiger partial charge in [0.1, 0.15) is 11.4 Å². The molecule has 0 bridgehead atoms. The van der Waals surface area contributed by atoms with Crippen molar-refractivity contribution < 1.29 is 4.74 Å². The predicted octanol–water partition coefficient (Wildman–Crippen LogP) is 6.96. The van der Waals surface area contributed by atoms with Gasteiger partial charge in [0.15, 0.2) is 0 Å².